The van der Waals surface area contributed by atoms with Crippen molar-refractivity contribution in [2.75, 3.05) is 12.1 Å². The highest BCUT2D eigenvalue weighted by Crippen LogP contribution is 2.39. The van der Waals surface area contributed by atoms with Crippen LogP contribution in [-0.4, -0.2) is 11.9 Å². The van der Waals surface area contributed by atoms with Crippen molar-refractivity contribution in [3.8, 4) is 17.2 Å². The zero-order valence-corrected chi connectivity index (χ0v) is 11.7. The Kier molecular flexibility index (Phi) is 3.32. The van der Waals surface area contributed by atoms with Crippen LogP contribution in [0.15, 0.2) is 30.3 Å². The van der Waals surface area contributed by atoms with Gasteiger partial charge in [-0.25, -0.2) is 0 Å². The van der Waals surface area contributed by atoms with E-state index < -0.39 is 0 Å². The Morgan fingerprint density at radius 3 is 2.75 bits per heavy atom. The molecule has 20 heavy (non-hydrogen) atoms. The fourth-order valence-corrected chi connectivity index (χ4v) is 2.32. The van der Waals surface area contributed by atoms with Crippen molar-refractivity contribution < 1.29 is 14.6 Å². The molecule has 0 amide bonds. The number of fused-ring (bicyclic) bond motifs is 1. The predicted octanol–water partition coefficient (Wildman–Crippen LogP) is 3.69. The Bertz CT molecular complexity index is 658. The third kappa shape index (κ3) is 2.47. The first kappa shape index (κ1) is 12.9. The summed E-state index contributed by atoms with van der Waals surface area (Å²) in [6, 6.07) is 9.02. The van der Waals surface area contributed by atoms with Gasteiger partial charge in [0, 0.05) is 24.2 Å². The fraction of sp³-hybridized carbons (Fsp3) is 0.200. The van der Waals surface area contributed by atoms with Crippen molar-refractivity contribution in [1.29, 1.82) is 0 Å². The van der Waals surface area contributed by atoms with Gasteiger partial charge < -0.3 is 19.9 Å². The number of halogens is 1. The van der Waals surface area contributed by atoms with Crippen LogP contribution in [0.4, 0.5) is 5.69 Å². The monoisotopic (exact) mass is 291 g/mol. The molecule has 0 spiro atoms. The van der Waals surface area contributed by atoms with Crippen LogP contribution in [0.1, 0.15) is 11.1 Å². The molecular formula is C15H14ClNO3. The van der Waals surface area contributed by atoms with Crippen LogP contribution in [0, 0.1) is 6.92 Å². The number of nitrogens with one attached hydrogen (secondary N) is 1. The molecule has 2 aromatic carbocycles. The third-order valence-corrected chi connectivity index (χ3v) is 3.48. The van der Waals surface area contributed by atoms with E-state index in [1.165, 1.54) is 0 Å². The molecule has 5 heteroatoms. The summed E-state index contributed by atoms with van der Waals surface area (Å²) in [5.74, 6) is 1.59. The van der Waals surface area contributed by atoms with Gasteiger partial charge in [-0.3, -0.25) is 0 Å². The summed E-state index contributed by atoms with van der Waals surface area (Å²) in [7, 11) is 0. The van der Waals surface area contributed by atoms with Crippen LogP contribution >= 0.6 is 11.6 Å². The molecule has 0 fully saturated rings. The van der Waals surface area contributed by atoms with Crippen molar-refractivity contribution in [3.63, 3.8) is 0 Å². The summed E-state index contributed by atoms with van der Waals surface area (Å²) in [5, 5.41) is 13.6. The molecule has 2 aromatic rings. The molecule has 0 saturated carbocycles. The van der Waals surface area contributed by atoms with E-state index in [4.69, 9.17) is 21.1 Å². The Labute approximate surface area is 121 Å². The summed E-state index contributed by atoms with van der Waals surface area (Å²) in [6.45, 7) is 2.68. The molecule has 0 aromatic heterocycles. The molecule has 0 saturated heterocycles. The first-order valence-corrected chi connectivity index (χ1v) is 6.63. The number of aromatic hydroxyl groups is 1. The van der Waals surface area contributed by atoms with E-state index in [1.54, 1.807) is 18.2 Å². The SMILES string of the molecule is Cc1ccc(O)c(CNc2cc3c(cc2Cl)OCO3)c1. The highest BCUT2D eigenvalue weighted by molar-refractivity contribution is 6.33. The molecule has 104 valence electrons. The van der Waals surface area contributed by atoms with Crippen LogP contribution < -0.4 is 14.8 Å². The molecule has 0 aliphatic carbocycles. The number of anilines is 1. The lowest BCUT2D eigenvalue weighted by Gasteiger charge is -2.11. The summed E-state index contributed by atoms with van der Waals surface area (Å²) < 4.78 is 10.6. The molecule has 3 rings (SSSR count). The maximum Gasteiger partial charge on any atom is 0.231 e. The van der Waals surface area contributed by atoms with Gasteiger partial charge >= 0.3 is 0 Å². The average Bonchev–Trinajstić information content (AvgIpc) is 2.86. The van der Waals surface area contributed by atoms with E-state index >= 15 is 0 Å². The van der Waals surface area contributed by atoms with E-state index in [0.29, 0.717) is 23.1 Å². The molecular weight excluding hydrogens is 278 g/mol. The van der Waals surface area contributed by atoms with Crippen molar-refractivity contribution in [2.45, 2.75) is 13.5 Å². The van der Waals surface area contributed by atoms with Gasteiger partial charge in [0.1, 0.15) is 5.75 Å². The zero-order valence-electron chi connectivity index (χ0n) is 10.9. The lowest BCUT2D eigenvalue weighted by Crippen LogP contribution is -2.00. The zero-order chi connectivity index (χ0) is 14.1. The normalized spacial score (nSPS) is 12.5. The molecule has 0 unspecified atom stereocenters. The maximum absolute atomic E-state index is 9.82. The Hall–Kier alpha value is -2.07. The van der Waals surface area contributed by atoms with Crippen LogP contribution in [0.2, 0.25) is 5.02 Å². The van der Waals surface area contributed by atoms with Gasteiger partial charge in [-0.2, -0.15) is 0 Å². The first-order chi connectivity index (χ1) is 9.63. The van der Waals surface area contributed by atoms with Gasteiger partial charge in [0.15, 0.2) is 11.5 Å². The second-order valence-corrected chi connectivity index (χ2v) is 5.08. The van der Waals surface area contributed by atoms with E-state index in [9.17, 15) is 5.11 Å². The van der Waals surface area contributed by atoms with E-state index in [1.807, 2.05) is 19.1 Å². The summed E-state index contributed by atoms with van der Waals surface area (Å²) >= 11 is 6.18. The van der Waals surface area contributed by atoms with Crippen LogP contribution in [0.5, 0.6) is 17.2 Å². The molecule has 1 aliphatic rings. The number of aryl methyl sites for hydroxylation is 1. The highest BCUT2D eigenvalue weighted by Gasteiger charge is 2.16. The van der Waals surface area contributed by atoms with Gasteiger partial charge in [0.25, 0.3) is 0 Å². The fourth-order valence-electron chi connectivity index (χ4n) is 2.10. The number of ether oxygens (including phenoxy) is 2. The number of rotatable bonds is 3. The first-order valence-electron chi connectivity index (χ1n) is 6.25. The molecule has 4 nitrogen and oxygen atoms in total. The van der Waals surface area contributed by atoms with Crippen molar-refractivity contribution >= 4 is 17.3 Å². The van der Waals surface area contributed by atoms with Gasteiger partial charge in [-0.1, -0.05) is 29.3 Å². The Morgan fingerprint density at radius 2 is 1.95 bits per heavy atom. The Balaban J connectivity index is 1.80. The number of phenolic OH excluding ortho intramolecular Hbond substituents is 1. The second-order valence-electron chi connectivity index (χ2n) is 4.67. The lowest BCUT2D eigenvalue weighted by molar-refractivity contribution is 0.174. The van der Waals surface area contributed by atoms with Crippen molar-refractivity contribution in [2.24, 2.45) is 0 Å². The quantitative estimate of drug-likeness (QED) is 0.905. The lowest BCUT2D eigenvalue weighted by atomic mass is 10.1. The van der Waals surface area contributed by atoms with E-state index in [-0.39, 0.29) is 12.5 Å². The molecule has 1 aliphatic heterocycles. The third-order valence-electron chi connectivity index (χ3n) is 3.17. The molecule has 0 bridgehead atoms. The van der Waals surface area contributed by atoms with Crippen molar-refractivity contribution in [1.82, 2.24) is 0 Å². The van der Waals surface area contributed by atoms with E-state index in [0.717, 1.165) is 16.8 Å². The Morgan fingerprint density at radius 1 is 1.20 bits per heavy atom. The number of benzene rings is 2. The number of hydrogen-bond donors (Lipinski definition) is 2. The van der Waals surface area contributed by atoms with Crippen LogP contribution in [0.25, 0.3) is 0 Å². The van der Waals surface area contributed by atoms with Crippen molar-refractivity contribution in [3.05, 3.63) is 46.5 Å². The minimum atomic E-state index is 0.216. The number of hydrogen-bond acceptors (Lipinski definition) is 4. The minimum absolute atomic E-state index is 0.216. The molecule has 0 radical (unpaired) electrons. The smallest absolute Gasteiger partial charge is 0.231 e. The van der Waals surface area contributed by atoms with Crippen LogP contribution in [0.3, 0.4) is 0 Å². The number of phenols is 1. The summed E-state index contributed by atoms with van der Waals surface area (Å²) in [5.41, 5.74) is 2.66. The highest BCUT2D eigenvalue weighted by atomic mass is 35.5. The van der Waals surface area contributed by atoms with Gasteiger partial charge in [0.05, 0.1) is 10.7 Å². The summed E-state index contributed by atoms with van der Waals surface area (Å²) in [4.78, 5) is 0. The summed E-state index contributed by atoms with van der Waals surface area (Å²) in [6.07, 6.45) is 0. The second kappa shape index (κ2) is 5.13. The van der Waals surface area contributed by atoms with Gasteiger partial charge in [-0.15, -0.1) is 0 Å². The van der Waals surface area contributed by atoms with E-state index in [2.05, 4.69) is 5.32 Å². The van der Waals surface area contributed by atoms with Crippen LogP contribution in [-0.2, 0) is 6.54 Å². The molecule has 0 atom stereocenters. The molecule has 2 N–H and O–H groups in total. The standard InChI is InChI=1S/C15H14ClNO3/c1-9-2-3-13(18)10(4-9)7-17-12-6-15-14(5-11(12)16)19-8-20-15/h2-6,17-18H,7-8H2,1H3. The molecule has 1 heterocycles. The van der Waals surface area contributed by atoms with Gasteiger partial charge in [0.2, 0.25) is 6.79 Å². The van der Waals surface area contributed by atoms with Gasteiger partial charge in [-0.05, 0) is 13.0 Å². The largest absolute Gasteiger partial charge is 0.508 e. The average molecular weight is 292 g/mol. The topological polar surface area (TPSA) is 50.7 Å². The minimum Gasteiger partial charge on any atom is -0.508 e. The maximum atomic E-state index is 9.82. The predicted molar refractivity (Wildman–Crippen MR) is 77.7 cm³/mol.